The van der Waals surface area contributed by atoms with Crippen LogP contribution < -0.4 is 16.0 Å². The summed E-state index contributed by atoms with van der Waals surface area (Å²) >= 11 is 0. The maximum absolute atomic E-state index is 12.1. The zero-order valence-electron chi connectivity index (χ0n) is 17.5. The van der Waals surface area contributed by atoms with E-state index in [0.717, 1.165) is 48.6 Å². The van der Waals surface area contributed by atoms with Gasteiger partial charge in [0.2, 0.25) is 5.91 Å². The number of benzene rings is 1. The molecule has 6 nitrogen and oxygen atoms in total. The van der Waals surface area contributed by atoms with Gasteiger partial charge in [0.15, 0.2) is 5.96 Å². The topological polar surface area (TPSA) is 82.6 Å². The van der Waals surface area contributed by atoms with E-state index in [1.54, 1.807) is 7.05 Å². The number of nitrogens with zero attached hydrogens (tertiary/aromatic N) is 1. The van der Waals surface area contributed by atoms with Gasteiger partial charge in [-0.1, -0.05) is 39.3 Å². The minimum atomic E-state index is -0.724. The van der Waals surface area contributed by atoms with Gasteiger partial charge in [-0.2, -0.15) is 0 Å². The molecule has 1 saturated carbocycles. The van der Waals surface area contributed by atoms with Gasteiger partial charge in [-0.3, -0.25) is 14.0 Å². The van der Waals surface area contributed by atoms with Crippen molar-refractivity contribution in [3.8, 4) is 0 Å². The Morgan fingerprint density at radius 1 is 1.25 bits per heavy atom. The lowest BCUT2D eigenvalue weighted by atomic mass is 9.95. The van der Waals surface area contributed by atoms with E-state index in [2.05, 4.69) is 20.9 Å². The second kappa shape index (κ2) is 11.2. The molecular weight excluding hydrogens is 372 g/mol. The van der Waals surface area contributed by atoms with Crippen LogP contribution in [0.2, 0.25) is 0 Å². The largest absolute Gasteiger partial charge is 0.354 e. The quantitative estimate of drug-likeness (QED) is 0.480. The maximum Gasteiger partial charge on any atom is 0.226 e. The molecule has 28 heavy (non-hydrogen) atoms. The van der Waals surface area contributed by atoms with Gasteiger partial charge in [0.1, 0.15) is 0 Å². The van der Waals surface area contributed by atoms with Crippen LogP contribution in [0.4, 0.5) is 5.69 Å². The van der Waals surface area contributed by atoms with Crippen LogP contribution in [0.15, 0.2) is 29.3 Å². The molecule has 0 aliphatic heterocycles. The Labute approximate surface area is 171 Å². The molecule has 0 spiro atoms. The Bertz CT molecular complexity index is 688. The van der Waals surface area contributed by atoms with Crippen LogP contribution in [0.5, 0.6) is 0 Å². The molecule has 156 valence electrons. The summed E-state index contributed by atoms with van der Waals surface area (Å²) in [6, 6.07) is 8.14. The molecule has 1 aliphatic carbocycles. The third kappa shape index (κ3) is 6.93. The van der Waals surface area contributed by atoms with E-state index >= 15 is 0 Å². The Morgan fingerprint density at radius 2 is 1.96 bits per heavy atom. The van der Waals surface area contributed by atoms with E-state index < -0.39 is 10.8 Å². The molecule has 0 radical (unpaired) electrons. The Kier molecular flexibility index (Phi) is 8.96. The highest BCUT2D eigenvalue weighted by molar-refractivity contribution is 7.85. The number of aliphatic imine (C=N–C) groups is 1. The van der Waals surface area contributed by atoms with Gasteiger partial charge in [0, 0.05) is 53.0 Å². The predicted octanol–water partition coefficient (Wildman–Crippen LogP) is 3.03. The summed E-state index contributed by atoms with van der Waals surface area (Å²) in [5.41, 5.74) is 1.92. The molecule has 1 amide bonds. The van der Waals surface area contributed by atoms with Crippen molar-refractivity contribution >= 4 is 28.4 Å². The molecule has 1 fully saturated rings. The van der Waals surface area contributed by atoms with E-state index in [0.29, 0.717) is 17.8 Å². The van der Waals surface area contributed by atoms with E-state index in [9.17, 15) is 9.00 Å². The summed E-state index contributed by atoms with van der Waals surface area (Å²) in [6.45, 7) is 6.39. The van der Waals surface area contributed by atoms with Crippen molar-refractivity contribution in [3.05, 3.63) is 29.8 Å². The first kappa shape index (κ1) is 22.4. The normalized spacial score (nSPS) is 21.2. The van der Waals surface area contributed by atoms with E-state index in [1.807, 2.05) is 45.0 Å². The van der Waals surface area contributed by atoms with Crippen molar-refractivity contribution in [3.63, 3.8) is 0 Å². The van der Waals surface area contributed by atoms with Crippen molar-refractivity contribution in [1.29, 1.82) is 0 Å². The van der Waals surface area contributed by atoms with Crippen molar-refractivity contribution in [1.82, 2.24) is 10.6 Å². The third-order valence-electron chi connectivity index (χ3n) is 5.05. The number of amides is 1. The molecule has 7 heteroatoms. The number of anilines is 1. The Balaban J connectivity index is 1.83. The highest BCUT2D eigenvalue weighted by atomic mass is 32.2. The smallest absolute Gasteiger partial charge is 0.226 e. The number of nitrogens with one attached hydrogen (secondary N) is 3. The first-order valence-corrected chi connectivity index (χ1v) is 11.5. The lowest BCUT2D eigenvalue weighted by Gasteiger charge is -2.30. The lowest BCUT2D eigenvalue weighted by Crippen LogP contribution is -2.46. The summed E-state index contributed by atoms with van der Waals surface area (Å²) in [7, 11) is 1.04. The maximum atomic E-state index is 12.1. The number of hydrogen-bond acceptors (Lipinski definition) is 3. The first-order chi connectivity index (χ1) is 13.4. The second-order valence-electron chi connectivity index (χ2n) is 7.57. The average molecular weight is 407 g/mol. The molecule has 1 aromatic rings. The zero-order valence-corrected chi connectivity index (χ0v) is 18.3. The van der Waals surface area contributed by atoms with Crippen molar-refractivity contribution in [2.24, 2.45) is 10.9 Å². The summed E-state index contributed by atoms with van der Waals surface area (Å²) in [5, 5.41) is 10.0. The van der Waals surface area contributed by atoms with E-state index in [1.165, 1.54) is 0 Å². The van der Waals surface area contributed by atoms with Crippen LogP contribution in [0.1, 0.15) is 52.0 Å². The highest BCUT2D eigenvalue weighted by Gasteiger charge is 2.26. The lowest BCUT2D eigenvalue weighted by molar-refractivity contribution is -0.118. The average Bonchev–Trinajstić information content (AvgIpc) is 2.71. The summed E-state index contributed by atoms with van der Waals surface area (Å²) in [5.74, 6) is 1.48. The molecule has 0 aromatic heterocycles. The van der Waals surface area contributed by atoms with E-state index in [-0.39, 0.29) is 11.8 Å². The number of guanidine groups is 1. The monoisotopic (exact) mass is 406 g/mol. The van der Waals surface area contributed by atoms with Gasteiger partial charge >= 0.3 is 0 Å². The van der Waals surface area contributed by atoms with Crippen LogP contribution in [0, 0.1) is 5.92 Å². The minimum absolute atomic E-state index is 0.0188. The van der Waals surface area contributed by atoms with E-state index in [4.69, 9.17) is 0 Å². The van der Waals surface area contributed by atoms with Gasteiger partial charge in [0.05, 0.1) is 0 Å². The zero-order chi connectivity index (χ0) is 20.5. The molecule has 0 heterocycles. The fraction of sp³-hybridized carbons (Fsp3) is 0.619. The molecule has 1 aliphatic rings. The molecular formula is C21H34N4O2S. The fourth-order valence-corrected chi connectivity index (χ4v) is 4.66. The molecule has 3 unspecified atom stereocenters. The van der Waals surface area contributed by atoms with Crippen LogP contribution in [-0.4, -0.2) is 40.2 Å². The van der Waals surface area contributed by atoms with Crippen LogP contribution in [0.25, 0.3) is 0 Å². The van der Waals surface area contributed by atoms with Crippen LogP contribution >= 0.6 is 0 Å². The minimum Gasteiger partial charge on any atom is -0.354 e. The van der Waals surface area contributed by atoms with Crippen molar-refractivity contribution in [2.75, 3.05) is 18.1 Å². The Hall–Kier alpha value is -1.89. The summed E-state index contributed by atoms with van der Waals surface area (Å²) in [6.07, 6.45) is 4.19. The van der Waals surface area contributed by atoms with Gasteiger partial charge in [0.25, 0.3) is 0 Å². The van der Waals surface area contributed by atoms with Gasteiger partial charge in [-0.25, -0.2) is 0 Å². The number of rotatable bonds is 7. The predicted molar refractivity (Wildman–Crippen MR) is 118 cm³/mol. The number of carbonyl (C=O) groups excluding carboxylic acids is 1. The van der Waals surface area contributed by atoms with Gasteiger partial charge in [-0.15, -0.1) is 0 Å². The SMILES string of the molecule is CCS(=O)C1CCCC(NC(=NC)NCc2ccc(NC(=O)C(C)C)cc2)C1. The molecule has 2 rings (SSSR count). The standard InChI is InChI=1S/C21H34N4O2S/c1-5-28(27)19-8-6-7-18(13-19)25-21(22-4)23-14-16-9-11-17(12-10-16)24-20(26)15(2)3/h9-12,15,18-19H,5-8,13-14H2,1-4H3,(H,24,26)(H2,22,23,25). The highest BCUT2D eigenvalue weighted by Crippen LogP contribution is 2.23. The Morgan fingerprint density at radius 3 is 2.57 bits per heavy atom. The van der Waals surface area contributed by atoms with Crippen LogP contribution in [-0.2, 0) is 22.1 Å². The van der Waals surface area contributed by atoms with Crippen LogP contribution in [0.3, 0.4) is 0 Å². The first-order valence-electron chi connectivity index (χ1n) is 10.2. The van der Waals surface area contributed by atoms with Crippen molar-refractivity contribution < 1.29 is 9.00 Å². The number of carbonyl (C=O) groups is 1. The number of hydrogen-bond donors (Lipinski definition) is 3. The van der Waals surface area contributed by atoms with Gasteiger partial charge in [-0.05, 0) is 37.0 Å². The molecule has 3 N–H and O–H groups in total. The second-order valence-corrected chi connectivity index (χ2v) is 9.57. The molecule has 0 saturated heterocycles. The summed E-state index contributed by atoms with van der Waals surface area (Å²) in [4.78, 5) is 16.1. The summed E-state index contributed by atoms with van der Waals surface area (Å²) < 4.78 is 12.1. The molecule has 0 bridgehead atoms. The van der Waals surface area contributed by atoms with Crippen molar-refractivity contribution in [2.45, 2.75) is 64.3 Å². The fourth-order valence-electron chi connectivity index (χ4n) is 3.32. The molecule has 1 aromatic carbocycles. The van der Waals surface area contributed by atoms with Gasteiger partial charge < -0.3 is 16.0 Å². The third-order valence-corrected chi connectivity index (χ3v) is 6.79. The molecule has 3 atom stereocenters.